The van der Waals surface area contributed by atoms with Crippen molar-refractivity contribution < 1.29 is 24.1 Å². The van der Waals surface area contributed by atoms with Gasteiger partial charge in [0, 0.05) is 6.42 Å². The number of carbonyl (C=O) groups excluding carboxylic acids is 1. The normalized spacial score (nSPS) is 19.4. The number of aliphatic hydroxyl groups excluding tert-OH is 1. The molecule has 0 aliphatic carbocycles. The van der Waals surface area contributed by atoms with Crippen molar-refractivity contribution in [3.8, 4) is 11.5 Å². The topological polar surface area (TPSA) is 68.2 Å². The number of fused-ring (bicyclic) bond motifs is 1. The Labute approximate surface area is 116 Å². The number of benzene rings is 1. The molecule has 3 rings (SSSR count). The molecule has 1 N–H and O–H groups in total. The van der Waals surface area contributed by atoms with Gasteiger partial charge in [0.25, 0.3) is 0 Å². The summed E-state index contributed by atoms with van der Waals surface area (Å²) in [5.74, 6) is 1.34. The lowest BCUT2D eigenvalue weighted by Crippen LogP contribution is -2.29. The maximum Gasteiger partial charge on any atom is 0.410 e. The maximum atomic E-state index is 11.4. The van der Waals surface area contributed by atoms with E-state index in [2.05, 4.69) is 0 Å². The molecule has 0 spiro atoms. The first-order chi connectivity index (χ1) is 9.74. The van der Waals surface area contributed by atoms with Gasteiger partial charge in [-0.2, -0.15) is 0 Å². The van der Waals surface area contributed by atoms with Gasteiger partial charge in [0.05, 0.1) is 32.4 Å². The molecule has 6 nitrogen and oxygen atoms in total. The molecule has 1 amide bonds. The van der Waals surface area contributed by atoms with Crippen molar-refractivity contribution in [2.45, 2.75) is 12.5 Å². The highest BCUT2D eigenvalue weighted by atomic mass is 16.6. The summed E-state index contributed by atoms with van der Waals surface area (Å²) in [4.78, 5) is 12.9. The van der Waals surface area contributed by atoms with Gasteiger partial charge in [0.2, 0.25) is 0 Å². The molecule has 1 aromatic carbocycles. The van der Waals surface area contributed by atoms with Gasteiger partial charge in [-0.05, 0) is 17.7 Å². The van der Waals surface area contributed by atoms with Crippen molar-refractivity contribution in [1.29, 1.82) is 0 Å². The molecule has 0 saturated carbocycles. The Bertz CT molecular complexity index is 504. The second-order valence-corrected chi connectivity index (χ2v) is 4.83. The SMILES string of the molecule is O=C1OCCN1CC(O)c1ccc2c(c1)OCCCO2. The van der Waals surface area contributed by atoms with Crippen LogP contribution in [-0.2, 0) is 4.74 Å². The van der Waals surface area contributed by atoms with E-state index in [1.165, 1.54) is 4.90 Å². The van der Waals surface area contributed by atoms with Crippen LogP contribution < -0.4 is 9.47 Å². The molecular weight excluding hydrogens is 262 g/mol. The van der Waals surface area contributed by atoms with Gasteiger partial charge in [-0.3, -0.25) is 0 Å². The van der Waals surface area contributed by atoms with Crippen LogP contribution in [0.1, 0.15) is 18.1 Å². The number of ether oxygens (including phenoxy) is 3. The van der Waals surface area contributed by atoms with Crippen molar-refractivity contribution >= 4 is 6.09 Å². The zero-order chi connectivity index (χ0) is 13.9. The molecule has 20 heavy (non-hydrogen) atoms. The second kappa shape index (κ2) is 5.58. The van der Waals surface area contributed by atoms with E-state index in [0.717, 1.165) is 6.42 Å². The Morgan fingerprint density at radius 3 is 2.70 bits per heavy atom. The molecule has 0 bridgehead atoms. The molecule has 2 aliphatic heterocycles. The van der Waals surface area contributed by atoms with Crippen molar-refractivity contribution in [3.05, 3.63) is 23.8 Å². The van der Waals surface area contributed by atoms with Gasteiger partial charge < -0.3 is 24.2 Å². The summed E-state index contributed by atoms with van der Waals surface area (Å²) in [6.07, 6.45) is -0.303. The number of cyclic esters (lactones) is 1. The second-order valence-electron chi connectivity index (χ2n) is 4.83. The van der Waals surface area contributed by atoms with Crippen LogP contribution in [0.15, 0.2) is 18.2 Å². The molecule has 1 saturated heterocycles. The summed E-state index contributed by atoms with van der Waals surface area (Å²) in [5.41, 5.74) is 0.703. The fourth-order valence-corrected chi connectivity index (χ4v) is 2.29. The average Bonchev–Trinajstić information content (AvgIpc) is 2.73. The first-order valence-electron chi connectivity index (χ1n) is 6.73. The average molecular weight is 279 g/mol. The van der Waals surface area contributed by atoms with Crippen LogP contribution >= 0.6 is 0 Å². The largest absolute Gasteiger partial charge is 0.490 e. The summed E-state index contributed by atoms with van der Waals surface area (Å²) in [7, 11) is 0. The molecule has 1 aromatic rings. The van der Waals surface area contributed by atoms with Gasteiger partial charge in [-0.15, -0.1) is 0 Å². The van der Waals surface area contributed by atoms with Gasteiger partial charge in [0.1, 0.15) is 6.61 Å². The lowest BCUT2D eigenvalue weighted by Gasteiger charge is -2.19. The molecule has 1 atom stereocenters. The van der Waals surface area contributed by atoms with Gasteiger partial charge in [-0.25, -0.2) is 4.79 Å². The van der Waals surface area contributed by atoms with E-state index in [0.29, 0.717) is 43.4 Å². The van der Waals surface area contributed by atoms with Crippen LogP contribution in [0, 0.1) is 0 Å². The third-order valence-corrected chi connectivity index (χ3v) is 3.39. The van der Waals surface area contributed by atoms with E-state index in [1.807, 2.05) is 0 Å². The molecule has 0 aromatic heterocycles. The molecule has 2 aliphatic rings. The zero-order valence-electron chi connectivity index (χ0n) is 11.1. The molecule has 0 radical (unpaired) electrons. The molecular formula is C14H17NO5. The Hall–Kier alpha value is -1.95. The summed E-state index contributed by atoms with van der Waals surface area (Å²) in [5, 5.41) is 10.2. The fourth-order valence-electron chi connectivity index (χ4n) is 2.29. The molecule has 1 unspecified atom stereocenters. The molecule has 108 valence electrons. The van der Waals surface area contributed by atoms with Crippen molar-refractivity contribution in [1.82, 2.24) is 4.90 Å². The molecule has 6 heteroatoms. The Morgan fingerprint density at radius 2 is 1.95 bits per heavy atom. The van der Waals surface area contributed by atoms with Crippen LogP contribution in [0.4, 0.5) is 4.79 Å². The maximum absolute atomic E-state index is 11.4. The number of carbonyl (C=O) groups is 1. The van der Waals surface area contributed by atoms with Crippen LogP contribution in [0.2, 0.25) is 0 Å². The predicted molar refractivity (Wildman–Crippen MR) is 69.9 cm³/mol. The summed E-state index contributed by atoms with van der Waals surface area (Å²) in [6, 6.07) is 5.35. The van der Waals surface area contributed by atoms with Crippen LogP contribution in [0.25, 0.3) is 0 Å². The molecule has 1 fully saturated rings. The monoisotopic (exact) mass is 279 g/mol. The number of nitrogens with zero attached hydrogens (tertiary/aromatic N) is 1. The molecule has 2 heterocycles. The standard InChI is InChI=1S/C14H17NO5/c16-11(9-15-4-7-20-14(15)17)10-2-3-12-13(8-10)19-6-1-5-18-12/h2-3,8,11,16H,1,4-7,9H2. The minimum absolute atomic E-state index is 0.221. The lowest BCUT2D eigenvalue weighted by atomic mass is 10.1. The first kappa shape index (κ1) is 13.1. The van der Waals surface area contributed by atoms with Gasteiger partial charge in [0.15, 0.2) is 11.5 Å². The number of hydrogen-bond acceptors (Lipinski definition) is 5. The summed E-state index contributed by atoms with van der Waals surface area (Å²) in [6.45, 7) is 2.35. The van der Waals surface area contributed by atoms with Crippen molar-refractivity contribution in [2.24, 2.45) is 0 Å². The zero-order valence-corrected chi connectivity index (χ0v) is 11.1. The number of β-amino-alcohol motifs (C(OH)–C–C–N with tert-alkyl or cyclic N) is 1. The number of amides is 1. The highest BCUT2D eigenvalue weighted by Gasteiger charge is 2.25. The van der Waals surface area contributed by atoms with E-state index < -0.39 is 6.10 Å². The van der Waals surface area contributed by atoms with E-state index >= 15 is 0 Å². The van der Waals surface area contributed by atoms with Crippen molar-refractivity contribution in [2.75, 3.05) is 32.9 Å². The highest BCUT2D eigenvalue weighted by Crippen LogP contribution is 2.32. The van der Waals surface area contributed by atoms with E-state index in [9.17, 15) is 9.90 Å². The number of aliphatic hydroxyl groups is 1. The third-order valence-electron chi connectivity index (χ3n) is 3.39. The van der Waals surface area contributed by atoms with Crippen molar-refractivity contribution in [3.63, 3.8) is 0 Å². The van der Waals surface area contributed by atoms with E-state index in [4.69, 9.17) is 14.2 Å². The van der Waals surface area contributed by atoms with Gasteiger partial charge >= 0.3 is 6.09 Å². The fraction of sp³-hybridized carbons (Fsp3) is 0.500. The highest BCUT2D eigenvalue weighted by molar-refractivity contribution is 5.69. The Kier molecular flexibility index (Phi) is 3.64. The first-order valence-corrected chi connectivity index (χ1v) is 6.73. The quantitative estimate of drug-likeness (QED) is 0.904. The van der Waals surface area contributed by atoms with E-state index in [-0.39, 0.29) is 12.6 Å². The van der Waals surface area contributed by atoms with Crippen LogP contribution in [0.3, 0.4) is 0 Å². The number of rotatable bonds is 3. The third kappa shape index (κ3) is 2.65. The predicted octanol–water partition coefficient (Wildman–Crippen LogP) is 1.33. The van der Waals surface area contributed by atoms with Gasteiger partial charge in [-0.1, -0.05) is 6.07 Å². The Balaban J connectivity index is 1.73. The number of hydrogen-bond donors (Lipinski definition) is 1. The Morgan fingerprint density at radius 1 is 1.15 bits per heavy atom. The summed E-state index contributed by atoms with van der Waals surface area (Å²) < 4.78 is 16.0. The van der Waals surface area contributed by atoms with Crippen LogP contribution in [0.5, 0.6) is 11.5 Å². The smallest absolute Gasteiger partial charge is 0.410 e. The summed E-state index contributed by atoms with van der Waals surface area (Å²) >= 11 is 0. The minimum atomic E-state index is -0.766. The lowest BCUT2D eigenvalue weighted by molar-refractivity contribution is 0.118. The van der Waals surface area contributed by atoms with Crippen LogP contribution in [-0.4, -0.2) is 49.0 Å². The van der Waals surface area contributed by atoms with E-state index in [1.54, 1.807) is 18.2 Å². The minimum Gasteiger partial charge on any atom is -0.490 e.